The maximum Gasteiger partial charge on any atom is 0.210 e. The summed E-state index contributed by atoms with van der Waals surface area (Å²) in [6.45, 7) is 3.42. The Balaban J connectivity index is 0.00000529. The van der Waals surface area contributed by atoms with Gasteiger partial charge in [-0.3, -0.25) is 4.99 Å². The molecule has 4 N–H and O–H groups in total. The van der Waals surface area contributed by atoms with Crippen LogP contribution in [0.5, 0.6) is 0 Å². The van der Waals surface area contributed by atoms with Crippen LogP contribution in [0.3, 0.4) is 0 Å². The number of hydrogen-bond donors (Lipinski definition) is 3. The quantitative estimate of drug-likeness (QED) is 0.217. The molecule has 138 valence electrons. The minimum absolute atomic E-state index is 0. The maximum absolute atomic E-state index is 10.9. The Morgan fingerprint density at radius 1 is 1.29 bits per heavy atom. The first kappa shape index (κ1) is 23.7. The third kappa shape index (κ3) is 10.5. The number of aliphatic imine (C=N–C) groups is 1. The second kappa shape index (κ2) is 12.1. The SMILES string of the molecule is CCNC(=NCCCc1ccc(Cl)cc1Cl)NCCS(N)(=O)=O.I. The number of nitrogens with zero attached hydrogens (tertiary/aromatic N) is 1. The summed E-state index contributed by atoms with van der Waals surface area (Å²) >= 11 is 12.0. The predicted octanol–water partition coefficient (Wildman–Crippen LogP) is 2.39. The Morgan fingerprint density at radius 2 is 2.00 bits per heavy atom. The van der Waals surface area contributed by atoms with Gasteiger partial charge in [0.2, 0.25) is 10.0 Å². The zero-order valence-electron chi connectivity index (χ0n) is 13.4. The largest absolute Gasteiger partial charge is 0.357 e. The van der Waals surface area contributed by atoms with Crippen LogP contribution in [0.25, 0.3) is 0 Å². The Hall–Kier alpha value is -0.290. The molecule has 10 heteroatoms. The van der Waals surface area contributed by atoms with E-state index in [4.69, 9.17) is 28.3 Å². The molecule has 0 aliphatic heterocycles. The fraction of sp³-hybridized carbons (Fsp3) is 0.500. The Morgan fingerprint density at radius 3 is 2.58 bits per heavy atom. The molecule has 0 aromatic heterocycles. The predicted molar refractivity (Wildman–Crippen MR) is 112 cm³/mol. The van der Waals surface area contributed by atoms with Gasteiger partial charge in [0.05, 0.1) is 5.75 Å². The Kier molecular flexibility index (Phi) is 12.0. The highest BCUT2D eigenvalue weighted by Crippen LogP contribution is 2.21. The van der Waals surface area contributed by atoms with Gasteiger partial charge < -0.3 is 10.6 Å². The van der Waals surface area contributed by atoms with E-state index in [-0.39, 0.29) is 36.3 Å². The molecule has 0 radical (unpaired) electrons. The number of primary sulfonamides is 1. The highest BCUT2D eigenvalue weighted by molar-refractivity contribution is 14.0. The molecule has 0 aliphatic carbocycles. The van der Waals surface area contributed by atoms with Crippen LogP contribution in [0.15, 0.2) is 23.2 Å². The van der Waals surface area contributed by atoms with Gasteiger partial charge in [0.25, 0.3) is 0 Å². The summed E-state index contributed by atoms with van der Waals surface area (Å²) in [5.41, 5.74) is 1.03. The third-order valence-corrected chi connectivity index (χ3v) is 4.27. The lowest BCUT2D eigenvalue weighted by Crippen LogP contribution is -2.40. The Bertz CT molecular complexity index is 642. The van der Waals surface area contributed by atoms with Crippen molar-refractivity contribution in [2.24, 2.45) is 10.1 Å². The highest BCUT2D eigenvalue weighted by atomic mass is 127. The van der Waals surface area contributed by atoms with E-state index in [0.717, 1.165) is 18.4 Å². The summed E-state index contributed by atoms with van der Waals surface area (Å²) < 4.78 is 21.8. The molecule has 0 heterocycles. The van der Waals surface area contributed by atoms with E-state index in [0.29, 0.717) is 29.1 Å². The molecule has 0 bridgehead atoms. The van der Waals surface area contributed by atoms with Crippen molar-refractivity contribution in [3.63, 3.8) is 0 Å². The lowest BCUT2D eigenvalue weighted by atomic mass is 10.1. The molecule has 0 aliphatic rings. The first-order chi connectivity index (χ1) is 10.8. The van der Waals surface area contributed by atoms with E-state index >= 15 is 0 Å². The number of nitrogens with one attached hydrogen (secondary N) is 2. The number of sulfonamides is 1. The summed E-state index contributed by atoms with van der Waals surface area (Å²) in [5, 5.41) is 12.2. The zero-order valence-corrected chi connectivity index (χ0v) is 18.0. The van der Waals surface area contributed by atoms with Gasteiger partial charge in [0.15, 0.2) is 5.96 Å². The van der Waals surface area contributed by atoms with Crippen molar-refractivity contribution in [3.8, 4) is 0 Å². The number of halogens is 3. The van der Waals surface area contributed by atoms with Crippen molar-refractivity contribution >= 4 is 63.2 Å². The van der Waals surface area contributed by atoms with Gasteiger partial charge >= 0.3 is 0 Å². The van der Waals surface area contributed by atoms with Crippen LogP contribution in [0.2, 0.25) is 10.0 Å². The van der Waals surface area contributed by atoms with Crippen LogP contribution >= 0.6 is 47.2 Å². The average Bonchev–Trinajstić information content (AvgIpc) is 2.44. The van der Waals surface area contributed by atoms with E-state index in [1.165, 1.54) is 0 Å². The number of rotatable bonds is 8. The zero-order chi connectivity index (χ0) is 17.3. The van der Waals surface area contributed by atoms with Gasteiger partial charge in [-0.1, -0.05) is 29.3 Å². The minimum atomic E-state index is -3.47. The lowest BCUT2D eigenvalue weighted by molar-refractivity contribution is 0.596. The topological polar surface area (TPSA) is 96.6 Å². The van der Waals surface area contributed by atoms with Gasteiger partial charge in [-0.15, -0.1) is 24.0 Å². The molecule has 1 rings (SSSR count). The van der Waals surface area contributed by atoms with E-state index in [9.17, 15) is 8.42 Å². The fourth-order valence-corrected chi connectivity index (χ4v) is 2.73. The van der Waals surface area contributed by atoms with Gasteiger partial charge in [0, 0.05) is 29.7 Å². The minimum Gasteiger partial charge on any atom is -0.357 e. The molecule has 0 atom stereocenters. The average molecular weight is 509 g/mol. The van der Waals surface area contributed by atoms with Crippen molar-refractivity contribution in [2.75, 3.05) is 25.4 Å². The molecule has 6 nitrogen and oxygen atoms in total. The maximum atomic E-state index is 10.9. The molecule has 0 amide bonds. The first-order valence-electron chi connectivity index (χ1n) is 7.28. The highest BCUT2D eigenvalue weighted by Gasteiger charge is 2.04. The van der Waals surface area contributed by atoms with Crippen LogP contribution in [0, 0.1) is 0 Å². The van der Waals surface area contributed by atoms with E-state index in [1.54, 1.807) is 6.07 Å². The molecule has 0 saturated carbocycles. The molecule has 0 unspecified atom stereocenters. The molecule has 0 saturated heterocycles. The van der Waals surface area contributed by atoms with Crippen LogP contribution in [-0.4, -0.2) is 39.8 Å². The van der Waals surface area contributed by atoms with Crippen LogP contribution in [0.1, 0.15) is 18.9 Å². The summed E-state index contributed by atoms with van der Waals surface area (Å²) in [6.07, 6.45) is 1.60. The number of aryl methyl sites for hydroxylation is 1. The molecule has 0 spiro atoms. The Labute approximate surface area is 170 Å². The second-order valence-electron chi connectivity index (χ2n) is 4.89. The van der Waals surface area contributed by atoms with Crippen molar-refractivity contribution < 1.29 is 8.42 Å². The number of guanidine groups is 1. The number of nitrogens with two attached hydrogens (primary N) is 1. The first-order valence-corrected chi connectivity index (χ1v) is 9.75. The van der Waals surface area contributed by atoms with E-state index < -0.39 is 10.0 Å². The van der Waals surface area contributed by atoms with Gasteiger partial charge in [0.1, 0.15) is 0 Å². The molecular weight excluding hydrogens is 486 g/mol. The number of benzene rings is 1. The van der Waals surface area contributed by atoms with Gasteiger partial charge in [-0.2, -0.15) is 0 Å². The van der Waals surface area contributed by atoms with Crippen molar-refractivity contribution in [1.29, 1.82) is 0 Å². The van der Waals surface area contributed by atoms with Crippen LogP contribution in [0.4, 0.5) is 0 Å². The van der Waals surface area contributed by atoms with Crippen LogP contribution < -0.4 is 15.8 Å². The fourth-order valence-electron chi connectivity index (χ4n) is 1.84. The summed E-state index contributed by atoms with van der Waals surface area (Å²) in [5.74, 6) is 0.427. The second-order valence-corrected chi connectivity index (χ2v) is 7.47. The molecule has 24 heavy (non-hydrogen) atoms. The molecule has 1 aromatic carbocycles. The van der Waals surface area contributed by atoms with Crippen molar-refractivity contribution in [2.45, 2.75) is 19.8 Å². The van der Waals surface area contributed by atoms with Gasteiger partial charge in [-0.25, -0.2) is 13.6 Å². The van der Waals surface area contributed by atoms with Crippen molar-refractivity contribution in [3.05, 3.63) is 33.8 Å². The van der Waals surface area contributed by atoms with E-state index in [1.807, 2.05) is 19.1 Å². The van der Waals surface area contributed by atoms with Crippen molar-refractivity contribution in [1.82, 2.24) is 10.6 Å². The van der Waals surface area contributed by atoms with Crippen LogP contribution in [-0.2, 0) is 16.4 Å². The standard InChI is InChI=1S/C14H22Cl2N4O2S.HI/c1-2-18-14(20-8-9-23(17,21)22)19-7-3-4-11-5-6-12(15)10-13(11)16;/h5-6,10H,2-4,7-9H2,1H3,(H2,17,21,22)(H2,18,19,20);1H. The third-order valence-electron chi connectivity index (χ3n) is 2.91. The number of hydrogen-bond acceptors (Lipinski definition) is 3. The van der Waals surface area contributed by atoms with E-state index in [2.05, 4.69) is 15.6 Å². The summed E-state index contributed by atoms with van der Waals surface area (Å²) in [7, 11) is -3.47. The van der Waals surface area contributed by atoms with Gasteiger partial charge in [-0.05, 0) is 37.5 Å². The molecular formula is C14H23Cl2IN4O2S. The molecule has 0 fully saturated rings. The summed E-state index contributed by atoms with van der Waals surface area (Å²) in [4.78, 5) is 4.38. The lowest BCUT2D eigenvalue weighted by Gasteiger charge is -2.10. The molecule has 1 aromatic rings. The smallest absolute Gasteiger partial charge is 0.210 e. The summed E-state index contributed by atoms with van der Waals surface area (Å²) in [6, 6.07) is 5.44. The normalized spacial score (nSPS) is 11.8. The monoisotopic (exact) mass is 508 g/mol.